The minimum Gasteiger partial charge on any atom is -0.267 e. The van der Waals surface area contributed by atoms with E-state index in [0.29, 0.717) is 0 Å². The summed E-state index contributed by atoms with van der Waals surface area (Å²) in [6.07, 6.45) is 1.46. The van der Waals surface area contributed by atoms with Crippen LogP contribution in [0.3, 0.4) is 0 Å². The summed E-state index contributed by atoms with van der Waals surface area (Å²) in [4.78, 5) is 37.9. The summed E-state index contributed by atoms with van der Waals surface area (Å²) in [6.45, 7) is 0. The highest BCUT2D eigenvalue weighted by atomic mass is 16.3. The molecule has 0 saturated carbocycles. The van der Waals surface area contributed by atoms with Crippen LogP contribution in [0.25, 0.3) is 0 Å². The summed E-state index contributed by atoms with van der Waals surface area (Å²) in [6, 6.07) is 10.8. The number of benzene rings is 1. The van der Waals surface area contributed by atoms with Crippen molar-refractivity contribution in [2.75, 3.05) is 0 Å². The van der Waals surface area contributed by atoms with E-state index in [0.717, 1.165) is 0 Å². The van der Waals surface area contributed by atoms with Gasteiger partial charge in [0.05, 0.1) is 5.56 Å². The number of pyridine rings is 1. The third-order valence-corrected chi connectivity index (χ3v) is 2.43. The van der Waals surface area contributed by atoms with E-state index in [4.69, 9.17) is 0 Å². The zero-order valence-electron chi connectivity index (χ0n) is 10.2. The monoisotopic (exact) mass is 270 g/mol. The van der Waals surface area contributed by atoms with Crippen molar-refractivity contribution in [1.29, 1.82) is 0 Å². The first-order valence-electron chi connectivity index (χ1n) is 5.66. The Bertz CT molecular complexity index is 643. The standard InChI is InChI=1S/C13H10N4O3/c18-12(9-5-1-2-6-10(9)17-20)15-16-13(19)11-7-3-4-8-14-11/h1-8H,(H,15,18)(H,16,19). The summed E-state index contributed by atoms with van der Waals surface area (Å²) >= 11 is 0. The van der Waals surface area contributed by atoms with Gasteiger partial charge in [0.2, 0.25) is 0 Å². The Morgan fingerprint density at radius 2 is 1.65 bits per heavy atom. The third kappa shape index (κ3) is 3.02. The predicted octanol–water partition coefficient (Wildman–Crippen LogP) is 1.55. The van der Waals surface area contributed by atoms with Crippen molar-refractivity contribution in [2.24, 2.45) is 5.18 Å². The second-order valence-electron chi connectivity index (χ2n) is 3.73. The van der Waals surface area contributed by atoms with Gasteiger partial charge in [-0.15, -0.1) is 4.91 Å². The van der Waals surface area contributed by atoms with Gasteiger partial charge < -0.3 is 0 Å². The van der Waals surface area contributed by atoms with Gasteiger partial charge in [-0.2, -0.15) is 0 Å². The molecule has 2 aromatic rings. The lowest BCUT2D eigenvalue weighted by Crippen LogP contribution is -2.41. The molecule has 2 rings (SSSR count). The molecule has 1 aromatic carbocycles. The maximum Gasteiger partial charge on any atom is 0.288 e. The van der Waals surface area contributed by atoms with Crippen molar-refractivity contribution < 1.29 is 9.59 Å². The maximum absolute atomic E-state index is 11.8. The molecule has 2 amide bonds. The number of hydrogen-bond donors (Lipinski definition) is 2. The van der Waals surface area contributed by atoms with Crippen LogP contribution in [0.4, 0.5) is 5.69 Å². The lowest BCUT2D eigenvalue weighted by molar-refractivity contribution is 0.0844. The van der Waals surface area contributed by atoms with Crippen molar-refractivity contribution in [2.45, 2.75) is 0 Å². The maximum atomic E-state index is 11.8. The zero-order valence-corrected chi connectivity index (χ0v) is 10.2. The van der Waals surface area contributed by atoms with E-state index in [-0.39, 0.29) is 16.9 Å². The summed E-state index contributed by atoms with van der Waals surface area (Å²) in [5, 5.41) is 2.74. The van der Waals surface area contributed by atoms with Crippen LogP contribution in [0.1, 0.15) is 20.8 Å². The lowest BCUT2D eigenvalue weighted by Gasteiger charge is -2.07. The number of carbonyl (C=O) groups is 2. The predicted molar refractivity (Wildman–Crippen MR) is 71.1 cm³/mol. The first-order valence-corrected chi connectivity index (χ1v) is 5.66. The van der Waals surface area contributed by atoms with Crippen LogP contribution in [0.5, 0.6) is 0 Å². The summed E-state index contributed by atoms with van der Waals surface area (Å²) < 4.78 is 0. The molecule has 100 valence electrons. The molecule has 0 spiro atoms. The average molecular weight is 270 g/mol. The molecular formula is C13H10N4O3. The largest absolute Gasteiger partial charge is 0.288 e. The molecule has 0 saturated heterocycles. The van der Waals surface area contributed by atoms with E-state index < -0.39 is 11.8 Å². The topological polar surface area (TPSA) is 101 Å². The van der Waals surface area contributed by atoms with Crippen LogP contribution in [0, 0.1) is 4.91 Å². The molecule has 0 aliphatic rings. The number of hydrogen-bond acceptors (Lipinski definition) is 5. The molecule has 0 atom stereocenters. The van der Waals surface area contributed by atoms with Gasteiger partial charge in [-0.3, -0.25) is 25.4 Å². The molecule has 0 bridgehead atoms. The van der Waals surface area contributed by atoms with Crippen LogP contribution in [-0.4, -0.2) is 16.8 Å². The number of amides is 2. The highest BCUT2D eigenvalue weighted by Crippen LogP contribution is 2.17. The Labute approximate surface area is 114 Å². The van der Waals surface area contributed by atoms with Crippen LogP contribution in [0.2, 0.25) is 0 Å². The Morgan fingerprint density at radius 3 is 2.35 bits per heavy atom. The van der Waals surface area contributed by atoms with E-state index in [1.54, 1.807) is 24.3 Å². The molecule has 1 aromatic heterocycles. The fourth-order valence-corrected chi connectivity index (χ4v) is 1.49. The summed E-state index contributed by atoms with van der Waals surface area (Å²) in [5.74, 6) is -1.19. The molecule has 0 radical (unpaired) electrons. The van der Waals surface area contributed by atoms with Gasteiger partial charge in [-0.25, -0.2) is 0 Å². The molecule has 1 heterocycles. The second-order valence-corrected chi connectivity index (χ2v) is 3.73. The Morgan fingerprint density at radius 1 is 0.950 bits per heavy atom. The van der Waals surface area contributed by atoms with Crippen LogP contribution < -0.4 is 10.9 Å². The molecular weight excluding hydrogens is 260 g/mol. The van der Waals surface area contributed by atoms with Gasteiger partial charge in [0.25, 0.3) is 11.8 Å². The van der Waals surface area contributed by atoms with Crippen molar-refractivity contribution >= 4 is 17.5 Å². The summed E-state index contributed by atoms with van der Waals surface area (Å²) in [7, 11) is 0. The van der Waals surface area contributed by atoms with Gasteiger partial charge in [0.1, 0.15) is 11.4 Å². The Balaban J connectivity index is 2.02. The van der Waals surface area contributed by atoms with E-state index in [1.807, 2.05) is 0 Å². The smallest absolute Gasteiger partial charge is 0.267 e. The van der Waals surface area contributed by atoms with E-state index >= 15 is 0 Å². The summed E-state index contributed by atoms with van der Waals surface area (Å²) in [5.41, 5.74) is 4.63. The lowest BCUT2D eigenvalue weighted by atomic mass is 10.2. The third-order valence-electron chi connectivity index (χ3n) is 2.43. The van der Waals surface area contributed by atoms with Crippen molar-refractivity contribution in [3.8, 4) is 0 Å². The molecule has 0 aliphatic carbocycles. The SMILES string of the molecule is O=Nc1ccccc1C(=O)NNC(=O)c1ccccn1. The molecule has 20 heavy (non-hydrogen) atoms. The fourth-order valence-electron chi connectivity index (χ4n) is 1.49. The van der Waals surface area contributed by atoms with Crippen LogP contribution in [0.15, 0.2) is 53.8 Å². The number of nitrogens with zero attached hydrogens (tertiary/aromatic N) is 2. The number of rotatable bonds is 3. The molecule has 0 unspecified atom stereocenters. The van der Waals surface area contributed by atoms with Gasteiger partial charge in [-0.1, -0.05) is 18.2 Å². The Kier molecular flexibility index (Phi) is 4.13. The van der Waals surface area contributed by atoms with E-state index in [1.165, 1.54) is 24.4 Å². The minimum atomic E-state index is -0.635. The number of hydrazine groups is 1. The first-order chi connectivity index (χ1) is 9.72. The van der Waals surface area contributed by atoms with Crippen molar-refractivity contribution in [1.82, 2.24) is 15.8 Å². The normalized spacial score (nSPS) is 9.60. The second kappa shape index (κ2) is 6.19. The van der Waals surface area contributed by atoms with Gasteiger partial charge in [0, 0.05) is 6.20 Å². The molecule has 7 nitrogen and oxygen atoms in total. The number of aromatic nitrogens is 1. The fraction of sp³-hybridized carbons (Fsp3) is 0. The highest BCUT2D eigenvalue weighted by Gasteiger charge is 2.13. The molecule has 0 fully saturated rings. The van der Waals surface area contributed by atoms with E-state index in [9.17, 15) is 14.5 Å². The Hall–Kier alpha value is -3.09. The number of nitroso groups, excluding NO2 is 1. The first kappa shape index (κ1) is 13.3. The van der Waals surface area contributed by atoms with Gasteiger partial charge in [0.15, 0.2) is 0 Å². The highest BCUT2D eigenvalue weighted by molar-refractivity contribution is 6.01. The zero-order chi connectivity index (χ0) is 14.4. The molecule has 7 heteroatoms. The molecule has 2 N–H and O–H groups in total. The minimum absolute atomic E-state index is 0.00270. The van der Waals surface area contributed by atoms with Gasteiger partial charge in [-0.05, 0) is 29.4 Å². The number of nitrogens with one attached hydrogen (secondary N) is 2. The van der Waals surface area contributed by atoms with Crippen LogP contribution >= 0.6 is 0 Å². The quantitative estimate of drug-likeness (QED) is 0.652. The average Bonchev–Trinajstić information content (AvgIpc) is 2.53. The van der Waals surface area contributed by atoms with E-state index in [2.05, 4.69) is 21.0 Å². The number of carbonyl (C=O) groups excluding carboxylic acids is 2. The molecule has 0 aliphatic heterocycles. The van der Waals surface area contributed by atoms with Gasteiger partial charge >= 0.3 is 0 Å². The van der Waals surface area contributed by atoms with Crippen molar-refractivity contribution in [3.63, 3.8) is 0 Å². The van der Waals surface area contributed by atoms with Crippen molar-refractivity contribution in [3.05, 3.63) is 64.8 Å². The van der Waals surface area contributed by atoms with Crippen LogP contribution in [-0.2, 0) is 0 Å².